The van der Waals surface area contributed by atoms with Gasteiger partial charge >= 0.3 is 0 Å². The Morgan fingerprint density at radius 3 is 2.48 bits per heavy atom. The molecule has 7 heteroatoms. The van der Waals surface area contributed by atoms with Gasteiger partial charge < -0.3 is 4.90 Å². The summed E-state index contributed by atoms with van der Waals surface area (Å²) in [5.41, 5.74) is -0.351. The van der Waals surface area contributed by atoms with Crippen LogP contribution in [0.3, 0.4) is 0 Å². The minimum atomic E-state index is -2.77. The first-order valence-electron chi connectivity index (χ1n) is 6.72. The van der Waals surface area contributed by atoms with Crippen molar-refractivity contribution in [3.63, 3.8) is 0 Å². The van der Waals surface area contributed by atoms with E-state index in [2.05, 4.69) is 0 Å². The standard InChI is InChI=1S/C14H16F2N2O3/c1-9(19)10-4-6-17(7-5-10)13-3-2-11(18(20)21)8-12(13)14(15)16/h2-3,8,10,14H,4-7H2,1H3. The second-order valence-electron chi connectivity index (χ2n) is 5.17. The quantitative estimate of drug-likeness (QED) is 0.631. The van der Waals surface area contributed by atoms with Gasteiger partial charge in [0.05, 0.1) is 4.92 Å². The molecule has 1 heterocycles. The first kappa shape index (κ1) is 15.3. The van der Waals surface area contributed by atoms with Crippen molar-refractivity contribution in [3.8, 4) is 0 Å². The number of nitrogens with zero attached hydrogens (tertiary/aromatic N) is 2. The number of alkyl halides is 2. The van der Waals surface area contributed by atoms with Crippen molar-refractivity contribution in [2.75, 3.05) is 18.0 Å². The van der Waals surface area contributed by atoms with E-state index in [9.17, 15) is 23.7 Å². The molecular formula is C14H16F2N2O3. The number of nitro benzene ring substituents is 1. The minimum absolute atomic E-state index is 0.0192. The predicted octanol–water partition coefficient (Wildman–Crippen LogP) is 3.34. The van der Waals surface area contributed by atoms with Crippen LogP contribution in [-0.4, -0.2) is 23.8 Å². The van der Waals surface area contributed by atoms with Crippen LogP contribution in [0, 0.1) is 16.0 Å². The van der Waals surface area contributed by atoms with E-state index in [4.69, 9.17) is 0 Å². The molecule has 1 fully saturated rings. The number of nitro groups is 1. The van der Waals surface area contributed by atoms with Crippen molar-refractivity contribution in [1.82, 2.24) is 0 Å². The zero-order chi connectivity index (χ0) is 15.6. The summed E-state index contributed by atoms with van der Waals surface area (Å²) < 4.78 is 26.3. The summed E-state index contributed by atoms with van der Waals surface area (Å²) in [5, 5.41) is 10.7. The highest BCUT2D eigenvalue weighted by atomic mass is 19.3. The molecule has 114 valence electrons. The fourth-order valence-corrected chi connectivity index (χ4v) is 2.65. The maximum Gasteiger partial charge on any atom is 0.270 e. The Hall–Kier alpha value is -2.05. The van der Waals surface area contributed by atoms with E-state index < -0.39 is 11.3 Å². The molecule has 0 atom stereocenters. The van der Waals surface area contributed by atoms with E-state index in [0.717, 1.165) is 6.07 Å². The molecule has 2 rings (SSSR count). The molecule has 0 aromatic heterocycles. The lowest BCUT2D eigenvalue weighted by Gasteiger charge is -2.33. The number of benzene rings is 1. The minimum Gasteiger partial charge on any atom is -0.371 e. The molecule has 1 aromatic rings. The van der Waals surface area contributed by atoms with E-state index in [1.165, 1.54) is 19.1 Å². The number of rotatable bonds is 4. The number of piperidine rings is 1. The highest BCUT2D eigenvalue weighted by Gasteiger charge is 2.26. The molecule has 0 unspecified atom stereocenters. The van der Waals surface area contributed by atoms with Crippen LogP contribution in [0.15, 0.2) is 18.2 Å². The molecule has 1 saturated heterocycles. The first-order valence-corrected chi connectivity index (χ1v) is 6.72. The van der Waals surface area contributed by atoms with Crippen molar-refractivity contribution in [2.45, 2.75) is 26.2 Å². The Balaban J connectivity index is 2.24. The number of anilines is 1. The van der Waals surface area contributed by atoms with E-state index in [1.54, 1.807) is 4.90 Å². The van der Waals surface area contributed by atoms with Gasteiger partial charge in [-0.25, -0.2) is 8.78 Å². The van der Waals surface area contributed by atoms with Gasteiger partial charge in [0.2, 0.25) is 0 Å². The first-order chi connectivity index (χ1) is 9.90. The predicted molar refractivity (Wildman–Crippen MR) is 73.7 cm³/mol. The summed E-state index contributed by atoms with van der Waals surface area (Å²) in [7, 11) is 0. The molecule has 21 heavy (non-hydrogen) atoms. The summed E-state index contributed by atoms with van der Waals surface area (Å²) in [6.07, 6.45) is -1.53. The second-order valence-corrected chi connectivity index (χ2v) is 5.17. The van der Waals surface area contributed by atoms with Crippen molar-refractivity contribution in [2.24, 2.45) is 5.92 Å². The molecule has 0 N–H and O–H groups in total. The van der Waals surface area contributed by atoms with Gasteiger partial charge in [0.1, 0.15) is 5.78 Å². The highest BCUT2D eigenvalue weighted by molar-refractivity contribution is 5.78. The van der Waals surface area contributed by atoms with Crippen LogP contribution in [0.4, 0.5) is 20.2 Å². The molecule has 0 saturated carbocycles. The van der Waals surface area contributed by atoms with Gasteiger partial charge in [0.15, 0.2) is 0 Å². The van der Waals surface area contributed by atoms with Crippen LogP contribution in [0.2, 0.25) is 0 Å². The van der Waals surface area contributed by atoms with Gasteiger partial charge in [-0.05, 0) is 25.8 Å². The largest absolute Gasteiger partial charge is 0.371 e. The van der Waals surface area contributed by atoms with Gasteiger partial charge in [0.25, 0.3) is 12.1 Å². The molecule has 1 aliphatic heterocycles. The fourth-order valence-electron chi connectivity index (χ4n) is 2.65. The molecule has 1 aliphatic rings. The van der Waals surface area contributed by atoms with Crippen molar-refractivity contribution in [1.29, 1.82) is 0 Å². The monoisotopic (exact) mass is 298 g/mol. The lowest BCUT2D eigenvalue weighted by molar-refractivity contribution is -0.385. The maximum absolute atomic E-state index is 13.1. The van der Waals surface area contributed by atoms with Gasteiger partial charge in [-0.3, -0.25) is 14.9 Å². The summed E-state index contributed by atoms with van der Waals surface area (Å²) >= 11 is 0. The van der Waals surface area contributed by atoms with Crippen LogP contribution in [0.25, 0.3) is 0 Å². The number of non-ortho nitro benzene ring substituents is 1. The van der Waals surface area contributed by atoms with Gasteiger partial charge in [-0.2, -0.15) is 0 Å². The lowest BCUT2D eigenvalue weighted by Crippen LogP contribution is -2.36. The smallest absolute Gasteiger partial charge is 0.270 e. The van der Waals surface area contributed by atoms with E-state index >= 15 is 0 Å². The molecular weight excluding hydrogens is 282 g/mol. The normalized spacial score (nSPS) is 16.3. The molecule has 0 aliphatic carbocycles. The van der Waals surface area contributed by atoms with Crippen LogP contribution in [0.5, 0.6) is 0 Å². The zero-order valence-electron chi connectivity index (χ0n) is 11.6. The summed E-state index contributed by atoms with van der Waals surface area (Å²) in [6, 6.07) is 3.53. The Labute approximate surface area is 120 Å². The molecule has 0 amide bonds. The highest BCUT2D eigenvalue weighted by Crippen LogP contribution is 2.35. The summed E-state index contributed by atoms with van der Waals surface area (Å²) in [6.45, 7) is 2.54. The van der Waals surface area contributed by atoms with Crippen LogP contribution < -0.4 is 4.90 Å². The second kappa shape index (κ2) is 6.15. The Bertz CT molecular complexity index is 555. The van der Waals surface area contributed by atoms with Crippen molar-refractivity contribution in [3.05, 3.63) is 33.9 Å². The van der Waals surface area contributed by atoms with Gasteiger partial charge in [-0.1, -0.05) is 0 Å². The molecule has 0 bridgehead atoms. The van der Waals surface area contributed by atoms with Gasteiger partial charge in [-0.15, -0.1) is 0 Å². The number of hydrogen-bond acceptors (Lipinski definition) is 4. The van der Waals surface area contributed by atoms with Crippen molar-refractivity contribution < 1.29 is 18.5 Å². The average Bonchev–Trinajstić information content (AvgIpc) is 2.46. The molecule has 0 radical (unpaired) electrons. The lowest BCUT2D eigenvalue weighted by atomic mass is 9.92. The summed E-state index contributed by atoms with van der Waals surface area (Å²) in [4.78, 5) is 23.1. The van der Waals surface area contributed by atoms with Gasteiger partial charge in [0, 0.05) is 42.4 Å². The third-order valence-electron chi connectivity index (χ3n) is 3.87. The molecule has 1 aromatic carbocycles. The third-order valence-corrected chi connectivity index (χ3v) is 3.87. The van der Waals surface area contributed by atoms with E-state index in [-0.39, 0.29) is 23.0 Å². The van der Waals surface area contributed by atoms with Crippen LogP contribution >= 0.6 is 0 Å². The number of Topliss-reactive ketones (excluding diaryl/α,β-unsaturated/α-hetero) is 1. The Morgan fingerprint density at radius 1 is 1.38 bits per heavy atom. The maximum atomic E-state index is 13.1. The fraction of sp³-hybridized carbons (Fsp3) is 0.500. The number of halogens is 2. The number of carbonyl (C=O) groups is 1. The number of ketones is 1. The van der Waals surface area contributed by atoms with Crippen molar-refractivity contribution >= 4 is 17.2 Å². The SMILES string of the molecule is CC(=O)C1CCN(c2ccc([N+](=O)[O-])cc2C(F)F)CC1. The molecule has 5 nitrogen and oxygen atoms in total. The third kappa shape index (κ3) is 3.34. The number of hydrogen-bond donors (Lipinski definition) is 0. The number of carbonyl (C=O) groups excluding carboxylic acids is 1. The Morgan fingerprint density at radius 2 is 2.00 bits per heavy atom. The topological polar surface area (TPSA) is 63.5 Å². The molecule has 0 spiro atoms. The van der Waals surface area contributed by atoms with Crippen LogP contribution in [-0.2, 0) is 4.79 Å². The average molecular weight is 298 g/mol. The Kier molecular flexibility index (Phi) is 4.50. The van der Waals surface area contributed by atoms with Crippen LogP contribution in [0.1, 0.15) is 31.8 Å². The van der Waals surface area contributed by atoms with E-state index in [0.29, 0.717) is 31.6 Å². The van der Waals surface area contributed by atoms with E-state index in [1.807, 2.05) is 0 Å². The summed E-state index contributed by atoms with van der Waals surface area (Å²) in [5.74, 6) is 0.0988. The zero-order valence-corrected chi connectivity index (χ0v) is 11.6.